The molecule has 31 heavy (non-hydrogen) atoms. The molecular formula is C23H21N5O3. The first-order valence-corrected chi connectivity index (χ1v) is 9.70. The molecule has 0 aliphatic heterocycles. The van der Waals surface area contributed by atoms with Gasteiger partial charge in [-0.15, -0.1) is 5.10 Å². The lowest BCUT2D eigenvalue weighted by Gasteiger charge is -2.20. The number of benzene rings is 2. The Morgan fingerprint density at radius 2 is 1.81 bits per heavy atom. The van der Waals surface area contributed by atoms with Crippen LogP contribution in [0.2, 0.25) is 0 Å². The number of rotatable bonds is 3. The standard InChI is InChI=1S/C23H21N5O3/c1-13-10-15(28-22(30)25-21(29)18(12-24)26-28)11-14(2)20(13)27-9-8-16-17(23(3,4)31)6-5-7-19(16)27/h5-11,31H,1-4H3,(H,25,29,30). The van der Waals surface area contributed by atoms with E-state index in [4.69, 9.17) is 5.26 Å². The smallest absolute Gasteiger partial charge is 0.349 e. The molecule has 2 N–H and O–H groups in total. The Hall–Kier alpha value is -3.96. The van der Waals surface area contributed by atoms with Gasteiger partial charge in [-0.25, -0.2) is 4.79 Å². The lowest BCUT2D eigenvalue weighted by molar-refractivity contribution is 0.0802. The molecule has 0 saturated carbocycles. The van der Waals surface area contributed by atoms with Gasteiger partial charge in [0.2, 0.25) is 5.69 Å². The van der Waals surface area contributed by atoms with Crippen molar-refractivity contribution < 1.29 is 5.11 Å². The Balaban J connectivity index is 1.92. The fraction of sp³-hybridized carbons (Fsp3) is 0.217. The van der Waals surface area contributed by atoms with Crippen molar-refractivity contribution in [2.75, 3.05) is 0 Å². The maximum absolute atomic E-state index is 12.3. The fourth-order valence-corrected chi connectivity index (χ4v) is 3.98. The zero-order chi connectivity index (χ0) is 22.5. The minimum atomic E-state index is -0.977. The van der Waals surface area contributed by atoms with Crippen LogP contribution in [0.5, 0.6) is 0 Å². The molecule has 2 heterocycles. The van der Waals surface area contributed by atoms with E-state index in [9.17, 15) is 14.7 Å². The topological polar surface area (TPSA) is 117 Å². The van der Waals surface area contributed by atoms with Crippen LogP contribution in [0.15, 0.2) is 52.2 Å². The maximum atomic E-state index is 12.3. The summed E-state index contributed by atoms with van der Waals surface area (Å²) >= 11 is 0. The van der Waals surface area contributed by atoms with Crippen molar-refractivity contribution in [1.29, 1.82) is 5.26 Å². The van der Waals surface area contributed by atoms with Crippen LogP contribution in [0.3, 0.4) is 0 Å². The highest BCUT2D eigenvalue weighted by molar-refractivity contribution is 5.86. The third kappa shape index (κ3) is 3.35. The molecule has 0 saturated heterocycles. The second kappa shape index (κ2) is 7.07. The molecule has 8 nitrogen and oxygen atoms in total. The molecule has 0 bridgehead atoms. The minimum Gasteiger partial charge on any atom is -0.386 e. The molecule has 0 radical (unpaired) electrons. The van der Waals surface area contributed by atoms with Gasteiger partial charge in [0.15, 0.2) is 0 Å². The third-order valence-electron chi connectivity index (χ3n) is 5.29. The van der Waals surface area contributed by atoms with E-state index in [0.29, 0.717) is 5.69 Å². The molecule has 0 aliphatic carbocycles. The third-order valence-corrected chi connectivity index (χ3v) is 5.29. The van der Waals surface area contributed by atoms with E-state index in [1.807, 2.05) is 48.9 Å². The van der Waals surface area contributed by atoms with Gasteiger partial charge < -0.3 is 9.67 Å². The van der Waals surface area contributed by atoms with Gasteiger partial charge in [0.25, 0.3) is 5.56 Å². The van der Waals surface area contributed by atoms with E-state index in [2.05, 4.69) is 10.1 Å². The zero-order valence-electron chi connectivity index (χ0n) is 17.6. The highest BCUT2D eigenvalue weighted by atomic mass is 16.3. The molecule has 4 rings (SSSR count). The highest BCUT2D eigenvalue weighted by Crippen LogP contribution is 2.32. The van der Waals surface area contributed by atoms with Gasteiger partial charge in [-0.1, -0.05) is 12.1 Å². The number of H-pyrrole nitrogens is 1. The van der Waals surface area contributed by atoms with Crippen molar-refractivity contribution in [2.45, 2.75) is 33.3 Å². The van der Waals surface area contributed by atoms with Gasteiger partial charge in [0.05, 0.1) is 22.5 Å². The van der Waals surface area contributed by atoms with Gasteiger partial charge in [0, 0.05) is 11.6 Å². The molecule has 4 aromatic rings. The van der Waals surface area contributed by atoms with Gasteiger partial charge >= 0.3 is 5.69 Å². The number of aliphatic hydroxyl groups is 1. The molecule has 0 fully saturated rings. The molecule has 2 aromatic heterocycles. The van der Waals surface area contributed by atoms with Gasteiger partial charge in [-0.05, 0) is 68.7 Å². The summed E-state index contributed by atoms with van der Waals surface area (Å²) in [7, 11) is 0. The predicted octanol–water partition coefficient (Wildman–Crippen LogP) is 2.58. The number of nitrogens with zero attached hydrogens (tertiary/aromatic N) is 4. The first-order chi connectivity index (χ1) is 14.6. The van der Waals surface area contributed by atoms with Crippen molar-refractivity contribution in [3.05, 3.63) is 85.8 Å². The number of hydrogen-bond acceptors (Lipinski definition) is 5. The van der Waals surface area contributed by atoms with E-state index in [1.54, 1.807) is 32.0 Å². The lowest BCUT2D eigenvalue weighted by atomic mass is 9.95. The average Bonchev–Trinajstić information content (AvgIpc) is 3.10. The number of aromatic amines is 1. The van der Waals surface area contributed by atoms with E-state index < -0.39 is 16.9 Å². The van der Waals surface area contributed by atoms with Gasteiger partial charge in [-0.2, -0.15) is 9.94 Å². The monoisotopic (exact) mass is 415 g/mol. The summed E-state index contributed by atoms with van der Waals surface area (Å²) in [5, 5.41) is 24.4. The summed E-state index contributed by atoms with van der Waals surface area (Å²) in [5.74, 6) is 0. The average molecular weight is 415 g/mol. The quantitative estimate of drug-likeness (QED) is 0.533. The van der Waals surface area contributed by atoms with E-state index in [1.165, 1.54) is 0 Å². The zero-order valence-corrected chi connectivity index (χ0v) is 17.6. The second-order valence-corrected chi connectivity index (χ2v) is 8.04. The Morgan fingerprint density at radius 3 is 2.42 bits per heavy atom. The number of fused-ring (bicyclic) bond motifs is 1. The predicted molar refractivity (Wildman–Crippen MR) is 117 cm³/mol. The van der Waals surface area contributed by atoms with Gasteiger partial charge in [0.1, 0.15) is 6.07 Å². The van der Waals surface area contributed by atoms with E-state index in [-0.39, 0.29) is 5.69 Å². The van der Waals surface area contributed by atoms with Crippen LogP contribution in [0.25, 0.3) is 22.3 Å². The molecule has 8 heteroatoms. The van der Waals surface area contributed by atoms with Crippen LogP contribution in [-0.2, 0) is 5.60 Å². The van der Waals surface area contributed by atoms with E-state index >= 15 is 0 Å². The maximum Gasteiger partial charge on any atom is 0.349 e. The molecule has 0 unspecified atom stereocenters. The number of nitriles is 1. The molecule has 2 aromatic carbocycles. The molecule has 0 spiro atoms. The Morgan fingerprint density at radius 1 is 1.13 bits per heavy atom. The summed E-state index contributed by atoms with van der Waals surface area (Å²) in [6, 6.07) is 13.0. The fourth-order valence-electron chi connectivity index (χ4n) is 3.98. The molecule has 0 amide bonds. The van der Waals surface area contributed by atoms with Crippen molar-refractivity contribution in [3.63, 3.8) is 0 Å². The number of aryl methyl sites for hydroxylation is 2. The molecular weight excluding hydrogens is 394 g/mol. The van der Waals surface area contributed by atoms with Crippen LogP contribution in [0.4, 0.5) is 0 Å². The Bertz CT molecular complexity index is 1470. The minimum absolute atomic E-state index is 0.380. The Kier molecular flexibility index (Phi) is 4.64. The Labute approximate surface area is 177 Å². The van der Waals surface area contributed by atoms with Crippen molar-refractivity contribution in [1.82, 2.24) is 19.3 Å². The summed E-state index contributed by atoms with van der Waals surface area (Å²) in [4.78, 5) is 26.0. The highest BCUT2D eigenvalue weighted by Gasteiger charge is 2.21. The largest absolute Gasteiger partial charge is 0.386 e. The SMILES string of the molecule is Cc1cc(-n2nc(C#N)c(=O)[nH]c2=O)cc(C)c1-n1ccc2c(C(C)(C)O)cccc21. The number of aromatic nitrogens is 4. The first-order valence-electron chi connectivity index (χ1n) is 9.70. The van der Waals surface area contributed by atoms with Crippen LogP contribution < -0.4 is 11.2 Å². The van der Waals surface area contributed by atoms with E-state index in [0.717, 1.165) is 38.0 Å². The summed E-state index contributed by atoms with van der Waals surface area (Å²) in [6.45, 7) is 7.35. The lowest BCUT2D eigenvalue weighted by Crippen LogP contribution is -2.33. The van der Waals surface area contributed by atoms with Gasteiger partial charge in [-0.3, -0.25) is 9.78 Å². The van der Waals surface area contributed by atoms with Crippen LogP contribution in [0.1, 0.15) is 36.2 Å². The first kappa shape index (κ1) is 20.3. The van der Waals surface area contributed by atoms with Crippen LogP contribution >= 0.6 is 0 Å². The number of nitrogens with one attached hydrogen (secondary N) is 1. The van der Waals surface area contributed by atoms with Crippen molar-refractivity contribution >= 4 is 10.9 Å². The normalized spacial score (nSPS) is 11.6. The second-order valence-electron chi connectivity index (χ2n) is 8.04. The van der Waals surface area contributed by atoms with Crippen LogP contribution in [0, 0.1) is 25.2 Å². The summed E-state index contributed by atoms with van der Waals surface area (Å²) in [5.41, 5.74) is 2.04. The number of hydrogen-bond donors (Lipinski definition) is 2. The molecule has 156 valence electrons. The van der Waals surface area contributed by atoms with Crippen molar-refractivity contribution in [2.24, 2.45) is 0 Å². The van der Waals surface area contributed by atoms with Crippen LogP contribution in [-0.4, -0.2) is 24.4 Å². The summed E-state index contributed by atoms with van der Waals surface area (Å²) in [6.07, 6.45) is 1.95. The summed E-state index contributed by atoms with van der Waals surface area (Å²) < 4.78 is 3.06. The van der Waals surface area contributed by atoms with Crippen molar-refractivity contribution in [3.8, 4) is 17.4 Å². The molecule has 0 aliphatic rings. The molecule has 0 atom stereocenters.